The summed E-state index contributed by atoms with van der Waals surface area (Å²) < 4.78 is 13.1. The van der Waals surface area contributed by atoms with Crippen molar-refractivity contribution in [3.8, 4) is 78.7 Å². The van der Waals surface area contributed by atoms with Crippen molar-refractivity contribution in [2.24, 2.45) is 0 Å². The van der Waals surface area contributed by atoms with Crippen LogP contribution in [0.5, 0.6) is 0 Å². The lowest BCUT2D eigenvalue weighted by molar-refractivity contribution is 0.668. The molecule has 2 aliphatic rings. The van der Waals surface area contributed by atoms with Crippen molar-refractivity contribution in [2.45, 2.75) is 5.41 Å². The maximum absolute atomic E-state index is 6.68. The second kappa shape index (κ2) is 14.4. The minimum atomic E-state index is -0.434. The predicted octanol–water partition coefficient (Wildman–Crippen LogP) is 16.3. The van der Waals surface area contributed by atoms with Crippen LogP contribution in [0.25, 0.3) is 123 Å². The maximum Gasteiger partial charge on any atom is 0.164 e. The molecule has 5 nitrogen and oxygen atoms in total. The number of hydrogen-bond donors (Lipinski definition) is 0. The lowest BCUT2D eigenvalue weighted by Crippen LogP contribution is -2.25. The highest BCUT2D eigenvalue weighted by Gasteiger charge is 2.51. The molecule has 3 aromatic heterocycles. The molecule has 0 unspecified atom stereocenters. The summed E-state index contributed by atoms with van der Waals surface area (Å²) in [5.41, 5.74) is 20.2. The number of aromatic nitrogens is 3. The van der Waals surface area contributed by atoms with Crippen LogP contribution < -0.4 is 0 Å². The minimum absolute atomic E-state index is 0.434. The van der Waals surface area contributed by atoms with Crippen LogP contribution >= 0.6 is 0 Å². The summed E-state index contributed by atoms with van der Waals surface area (Å²) in [5, 5.41) is 3.92. The minimum Gasteiger partial charge on any atom is -0.456 e. The molecule has 1 spiro atoms. The Bertz CT molecular complexity index is 4210. The standard InChI is InChI=1S/C64H37N3O2/c1-2-15-38(16-3-1)39-17-12-18-42(35-39)61-65-62(48-23-13-29-57-59(48)47-22-7-11-28-55(47)68-57)67-63(66-61)49-24-14-30-58-60(49)50-36-40(32-34-56(50)69-58)41-31-33-46-45-21-6-10-27-53(45)64(54(46)37-41)51-25-8-4-19-43(51)44-20-5-9-26-52(44)64/h1-37H. The van der Waals surface area contributed by atoms with Gasteiger partial charge < -0.3 is 8.83 Å². The molecule has 69 heavy (non-hydrogen) atoms. The zero-order valence-electron chi connectivity index (χ0n) is 37.0. The summed E-state index contributed by atoms with van der Waals surface area (Å²) in [6.45, 7) is 0. The van der Waals surface area contributed by atoms with Crippen LogP contribution in [0.4, 0.5) is 0 Å². The smallest absolute Gasteiger partial charge is 0.164 e. The quantitative estimate of drug-likeness (QED) is 0.172. The van der Waals surface area contributed by atoms with E-state index in [1.165, 1.54) is 44.5 Å². The van der Waals surface area contributed by atoms with Crippen molar-refractivity contribution in [1.82, 2.24) is 15.0 Å². The molecule has 320 valence electrons. The molecular weight excluding hydrogens is 843 g/mol. The van der Waals surface area contributed by atoms with Crippen molar-refractivity contribution < 1.29 is 8.83 Å². The van der Waals surface area contributed by atoms with Gasteiger partial charge in [-0.15, -0.1) is 0 Å². The summed E-state index contributed by atoms with van der Waals surface area (Å²) in [6, 6.07) is 79.7. The lowest BCUT2D eigenvalue weighted by Gasteiger charge is -2.30. The first-order chi connectivity index (χ1) is 34.2. The fourth-order valence-electron chi connectivity index (χ4n) is 11.6. The van der Waals surface area contributed by atoms with E-state index in [-0.39, 0.29) is 0 Å². The summed E-state index contributed by atoms with van der Waals surface area (Å²) in [5.74, 6) is 1.69. The third-order valence-corrected chi connectivity index (χ3v) is 14.6. The van der Waals surface area contributed by atoms with Crippen LogP contribution in [0.2, 0.25) is 0 Å². The molecule has 0 saturated heterocycles. The van der Waals surface area contributed by atoms with Crippen molar-refractivity contribution in [3.05, 3.63) is 247 Å². The monoisotopic (exact) mass is 879 g/mol. The van der Waals surface area contributed by atoms with Crippen LogP contribution in [0.1, 0.15) is 22.3 Å². The number of rotatable bonds is 5. The fourth-order valence-corrected chi connectivity index (χ4v) is 11.6. The molecule has 2 aliphatic carbocycles. The van der Waals surface area contributed by atoms with Crippen molar-refractivity contribution >= 4 is 43.9 Å². The van der Waals surface area contributed by atoms with E-state index < -0.39 is 5.41 Å². The molecule has 0 fully saturated rings. The maximum atomic E-state index is 6.68. The van der Waals surface area contributed by atoms with Gasteiger partial charge in [-0.2, -0.15) is 0 Å². The topological polar surface area (TPSA) is 65.0 Å². The number of furan rings is 2. The number of benzene rings is 10. The van der Waals surface area contributed by atoms with E-state index in [9.17, 15) is 0 Å². The molecule has 0 atom stereocenters. The molecule has 0 radical (unpaired) electrons. The Morgan fingerprint density at radius 1 is 0.261 bits per heavy atom. The van der Waals surface area contributed by atoms with Gasteiger partial charge in [0.05, 0.1) is 5.41 Å². The normalized spacial score (nSPS) is 13.0. The summed E-state index contributed by atoms with van der Waals surface area (Å²) in [4.78, 5) is 16.0. The van der Waals surface area contributed by atoms with E-state index in [1.807, 2.05) is 48.5 Å². The molecule has 0 amide bonds. The van der Waals surface area contributed by atoms with Gasteiger partial charge in [0.1, 0.15) is 22.3 Å². The summed E-state index contributed by atoms with van der Waals surface area (Å²) in [6.07, 6.45) is 0. The van der Waals surface area contributed by atoms with Crippen molar-refractivity contribution in [3.63, 3.8) is 0 Å². The van der Waals surface area contributed by atoms with E-state index in [2.05, 4.69) is 176 Å². The van der Waals surface area contributed by atoms with Crippen LogP contribution in [0.15, 0.2) is 233 Å². The molecule has 0 N–H and O–H groups in total. The Morgan fingerprint density at radius 3 is 1.39 bits per heavy atom. The van der Waals surface area contributed by atoms with Gasteiger partial charge >= 0.3 is 0 Å². The highest BCUT2D eigenvalue weighted by atomic mass is 16.3. The van der Waals surface area contributed by atoms with Crippen LogP contribution in [-0.2, 0) is 5.41 Å². The first-order valence-corrected chi connectivity index (χ1v) is 23.4. The van der Waals surface area contributed by atoms with E-state index in [0.717, 1.165) is 82.8 Å². The van der Waals surface area contributed by atoms with Gasteiger partial charge in [-0.3, -0.25) is 0 Å². The van der Waals surface area contributed by atoms with Gasteiger partial charge in [0.2, 0.25) is 0 Å². The third kappa shape index (κ3) is 5.44. The van der Waals surface area contributed by atoms with E-state index >= 15 is 0 Å². The largest absolute Gasteiger partial charge is 0.456 e. The Balaban J connectivity index is 0.934. The molecule has 0 saturated carbocycles. The van der Waals surface area contributed by atoms with Gasteiger partial charge in [-0.1, -0.05) is 182 Å². The molecule has 0 bridgehead atoms. The Labute approximate surface area is 396 Å². The first kappa shape index (κ1) is 38.0. The predicted molar refractivity (Wildman–Crippen MR) is 278 cm³/mol. The first-order valence-electron chi connectivity index (χ1n) is 23.4. The molecule has 0 aliphatic heterocycles. The van der Waals surface area contributed by atoms with Crippen molar-refractivity contribution in [2.75, 3.05) is 0 Å². The summed E-state index contributed by atoms with van der Waals surface area (Å²) in [7, 11) is 0. The van der Waals surface area contributed by atoms with E-state index in [0.29, 0.717) is 17.5 Å². The van der Waals surface area contributed by atoms with Crippen LogP contribution in [-0.4, -0.2) is 15.0 Å². The van der Waals surface area contributed by atoms with Gasteiger partial charge in [0.15, 0.2) is 17.5 Å². The van der Waals surface area contributed by atoms with Gasteiger partial charge in [-0.05, 0) is 109 Å². The van der Waals surface area contributed by atoms with E-state index in [4.69, 9.17) is 23.8 Å². The molecule has 15 rings (SSSR count). The Hall–Kier alpha value is -9.19. The van der Waals surface area contributed by atoms with Crippen molar-refractivity contribution in [1.29, 1.82) is 0 Å². The molecule has 5 heteroatoms. The number of hydrogen-bond acceptors (Lipinski definition) is 5. The second-order valence-corrected chi connectivity index (χ2v) is 18.2. The van der Waals surface area contributed by atoms with Crippen LogP contribution in [0.3, 0.4) is 0 Å². The highest BCUT2D eigenvalue weighted by molar-refractivity contribution is 6.14. The summed E-state index contributed by atoms with van der Waals surface area (Å²) >= 11 is 0. The molecule has 13 aromatic rings. The zero-order chi connectivity index (χ0) is 45.2. The average Bonchev–Trinajstić information content (AvgIpc) is 4.16. The third-order valence-electron chi connectivity index (χ3n) is 14.6. The fraction of sp³-hybridized carbons (Fsp3) is 0.0156. The average molecular weight is 880 g/mol. The highest BCUT2D eigenvalue weighted by Crippen LogP contribution is 2.63. The SMILES string of the molecule is c1ccc(-c2cccc(-c3nc(-c4cccc5oc6ccccc6c45)nc(-c4cccc5oc6ccc(-c7ccc8c(c7)C7(c9ccccc9-c9ccccc97)c7ccccc7-8)cc6c45)n3)c2)cc1. The van der Waals surface area contributed by atoms with E-state index in [1.54, 1.807) is 0 Å². The number of fused-ring (bicyclic) bond motifs is 16. The second-order valence-electron chi connectivity index (χ2n) is 18.2. The molecular formula is C64H37N3O2. The van der Waals surface area contributed by atoms with Gasteiger partial charge in [0.25, 0.3) is 0 Å². The lowest BCUT2D eigenvalue weighted by atomic mass is 9.70. The number of nitrogens with zero attached hydrogens (tertiary/aromatic N) is 3. The zero-order valence-corrected chi connectivity index (χ0v) is 37.0. The Morgan fingerprint density at radius 2 is 0.710 bits per heavy atom. The van der Waals surface area contributed by atoms with Gasteiger partial charge in [0, 0.05) is 38.2 Å². The Kier molecular flexibility index (Phi) is 7.93. The molecule has 3 heterocycles. The van der Waals surface area contributed by atoms with Gasteiger partial charge in [-0.25, -0.2) is 15.0 Å². The number of para-hydroxylation sites is 1. The van der Waals surface area contributed by atoms with Crippen LogP contribution in [0, 0.1) is 0 Å². The molecule has 10 aromatic carbocycles.